The smallest absolute Gasteiger partial charge is 0.240 e. The normalized spacial score (nSPS) is 16.2. The number of carbonyl (C=O) groups excluding carboxylic acids is 1. The van der Waals surface area contributed by atoms with E-state index in [9.17, 15) is 13.2 Å². The Bertz CT molecular complexity index is 581. The van der Waals surface area contributed by atoms with E-state index >= 15 is 0 Å². The van der Waals surface area contributed by atoms with Gasteiger partial charge in [0.25, 0.3) is 0 Å². The number of hydrogen-bond acceptors (Lipinski definition) is 4. The number of aliphatic hydroxyl groups is 1. The molecular formula is C11H14N2O4S. The molecule has 0 aliphatic carbocycles. The number of nitrogens with one attached hydrogen (secondary N) is 2. The molecule has 1 aromatic rings. The first-order valence-electron chi connectivity index (χ1n) is 5.49. The second-order valence-electron chi connectivity index (χ2n) is 4.24. The molecule has 6 nitrogen and oxygen atoms in total. The van der Waals surface area contributed by atoms with Gasteiger partial charge in [-0.1, -0.05) is 0 Å². The Labute approximate surface area is 105 Å². The summed E-state index contributed by atoms with van der Waals surface area (Å²) in [6.07, 6.45) is -0.563. The molecule has 1 aliphatic rings. The number of benzene rings is 1. The first kappa shape index (κ1) is 13.0. The number of anilines is 1. The van der Waals surface area contributed by atoms with Crippen LogP contribution in [0.15, 0.2) is 23.1 Å². The minimum atomic E-state index is -3.64. The lowest BCUT2D eigenvalue weighted by Gasteiger charge is -2.09. The second kappa shape index (κ2) is 4.68. The molecule has 1 unspecified atom stereocenters. The third-order valence-electron chi connectivity index (χ3n) is 2.58. The maximum Gasteiger partial charge on any atom is 0.240 e. The van der Waals surface area contributed by atoms with Crippen molar-refractivity contribution in [3.05, 3.63) is 23.8 Å². The van der Waals surface area contributed by atoms with Crippen LogP contribution >= 0.6 is 0 Å². The molecule has 0 aromatic heterocycles. The number of amides is 1. The van der Waals surface area contributed by atoms with Crippen LogP contribution in [-0.2, 0) is 21.2 Å². The summed E-state index contributed by atoms with van der Waals surface area (Å²) < 4.78 is 26.1. The highest BCUT2D eigenvalue weighted by molar-refractivity contribution is 7.89. The highest BCUT2D eigenvalue weighted by atomic mass is 32.2. The first-order valence-corrected chi connectivity index (χ1v) is 6.97. The number of rotatable bonds is 4. The van der Waals surface area contributed by atoms with E-state index in [0.717, 1.165) is 0 Å². The van der Waals surface area contributed by atoms with Gasteiger partial charge < -0.3 is 10.4 Å². The summed E-state index contributed by atoms with van der Waals surface area (Å²) in [5.41, 5.74) is 1.31. The van der Waals surface area contributed by atoms with Crippen LogP contribution in [0.4, 0.5) is 5.69 Å². The zero-order valence-corrected chi connectivity index (χ0v) is 10.6. The SMILES string of the molecule is CC(O)CNS(=O)(=O)c1ccc2c(c1)CC(=O)N2. The third-order valence-corrected chi connectivity index (χ3v) is 4.00. The Kier molecular flexibility index (Phi) is 3.38. The predicted molar refractivity (Wildman–Crippen MR) is 65.6 cm³/mol. The maximum absolute atomic E-state index is 11.9. The third kappa shape index (κ3) is 2.69. The van der Waals surface area contributed by atoms with Crippen molar-refractivity contribution < 1.29 is 18.3 Å². The Morgan fingerprint density at radius 3 is 2.89 bits per heavy atom. The van der Waals surface area contributed by atoms with Crippen molar-refractivity contribution >= 4 is 21.6 Å². The number of aliphatic hydroxyl groups excluding tert-OH is 1. The molecule has 98 valence electrons. The van der Waals surface area contributed by atoms with Crippen molar-refractivity contribution in [3.8, 4) is 0 Å². The van der Waals surface area contributed by atoms with Crippen molar-refractivity contribution in [1.29, 1.82) is 0 Å². The molecule has 1 amide bonds. The van der Waals surface area contributed by atoms with Crippen molar-refractivity contribution in [2.24, 2.45) is 0 Å². The van der Waals surface area contributed by atoms with E-state index in [2.05, 4.69) is 10.0 Å². The lowest BCUT2D eigenvalue weighted by molar-refractivity contribution is -0.115. The molecule has 0 fully saturated rings. The van der Waals surface area contributed by atoms with Gasteiger partial charge in [0.2, 0.25) is 15.9 Å². The average Bonchev–Trinajstić information content (AvgIpc) is 2.65. The number of hydrogen-bond donors (Lipinski definition) is 3. The van der Waals surface area contributed by atoms with E-state index in [-0.39, 0.29) is 23.8 Å². The number of sulfonamides is 1. The molecule has 0 saturated carbocycles. The molecule has 1 aliphatic heterocycles. The topological polar surface area (TPSA) is 95.5 Å². The van der Waals surface area contributed by atoms with E-state index in [1.54, 1.807) is 6.07 Å². The minimum absolute atomic E-state index is 0.0450. The summed E-state index contributed by atoms with van der Waals surface area (Å²) in [4.78, 5) is 11.3. The number of carbonyl (C=O) groups is 1. The highest BCUT2D eigenvalue weighted by Crippen LogP contribution is 2.25. The second-order valence-corrected chi connectivity index (χ2v) is 6.01. The monoisotopic (exact) mass is 270 g/mol. The van der Waals surface area contributed by atoms with E-state index in [1.807, 2.05) is 0 Å². The summed E-state index contributed by atoms with van der Waals surface area (Å²) >= 11 is 0. The van der Waals surface area contributed by atoms with E-state index in [4.69, 9.17) is 5.11 Å². The van der Waals surface area contributed by atoms with Gasteiger partial charge in [-0.3, -0.25) is 4.79 Å². The van der Waals surface area contributed by atoms with Crippen LogP contribution in [-0.4, -0.2) is 32.1 Å². The van der Waals surface area contributed by atoms with Gasteiger partial charge in [0.05, 0.1) is 17.4 Å². The molecule has 0 bridgehead atoms. The minimum Gasteiger partial charge on any atom is -0.392 e. The summed E-state index contributed by atoms with van der Waals surface area (Å²) in [6.45, 7) is 1.45. The number of fused-ring (bicyclic) bond motifs is 1. The van der Waals surface area contributed by atoms with Crippen LogP contribution in [0, 0.1) is 0 Å². The van der Waals surface area contributed by atoms with Crippen LogP contribution < -0.4 is 10.0 Å². The molecule has 1 aromatic carbocycles. The van der Waals surface area contributed by atoms with Crippen LogP contribution in [0.1, 0.15) is 12.5 Å². The van der Waals surface area contributed by atoms with Gasteiger partial charge in [-0.25, -0.2) is 13.1 Å². The molecule has 1 heterocycles. The van der Waals surface area contributed by atoms with Crippen LogP contribution in [0.3, 0.4) is 0 Å². The molecule has 1 atom stereocenters. The highest BCUT2D eigenvalue weighted by Gasteiger charge is 2.21. The molecule has 0 saturated heterocycles. The molecular weight excluding hydrogens is 256 g/mol. The predicted octanol–water partition coefficient (Wildman–Crippen LogP) is -0.160. The fourth-order valence-electron chi connectivity index (χ4n) is 1.69. The van der Waals surface area contributed by atoms with Gasteiger partial charge in [-0.2, -0.15) is 0 Å². The molecule has 0 radical (unpaired) electrons. The van der Waals surface area contributed by atoms with Crippen LogP contribution in [0.2, 0.25) is 0 Å². The fraction of sp³-hybridized carbons (Fsp3) is 0.364. The lowest BCUT2D eigenvalue weighted by atomic mass is 10.2. The van der Waals surface area contributed by atoms with E-state index < -0.39 is 16.1 Å². The van der Waals surface area contributed by atoms with Gasteiger partial charge in [-0.05, 0) is 30.7 Å². The molecule has 0 spiro atoms. The summed E-state index contributed by atoms with van der Waals surface area (Å²) in [5.74, 6) is -0.142. The Hall–Kier alpha value is -1.44. The Morgan fingerprint density at radius 2 is 2.22 bits per heavy atom. The largest absolute Gasteiger partial charge is 0.392 e. The van der Waals surface area contributed by atoms with Crippen molar-refractivity contribution in [2.75, 3.05) is 11.9 Å². The van der Waals surface area contributed by atoms with Gasteiger partial charge in [0.1, 0.15) is 0 Å². The zero-order chi connectivity index (χ0) is 13.3. The zero-order valence-electron chi connectivity index (χ0n) is 9.80. The van der Waals surface area contributed by atoms with Crippen molar-refractivity contribution in [1.82, 2.24) is 4.72 Å². The Balaban J connectivity index is 2.24. The summed E-state index contributed by atoms with van der Waals surface area (Å²) in [6, 6.07) is 4.46. The molecule has 7 heteroatoms. The van der Waals surface area contributed by atoms with Gasteiger partial charge in [0, 0.05) is 12.2 Å². The Morgan fingerprint density at radius 1 is 1.50 bits per heavy atom. The van der Waals surface area contributed by atoms with Gasteiger partial charge in [-0.15, -0.1) is 0 Å². The standard InChI is InChI=1S/C11H14N2O4S/c1-7(14)6-12-18(16,17)9-2-3-10-8(4-9)5-11(15)13-10/h2-4,7,12,14H,5-6H2,1H3,(H,13,15). The van der Waals surface area contributed by atoms with E-state index in [1.165, 1.54) is 19.1 Å². The summed E-state index contributed by atoms with van der Waals surface area (Å²) in [5, 5.41) is 11.7. The fourth-order valence-corrected chi connectivity index (χ4v) is 2.86. The molecule has 2 rings (SSSR count). The van der Waals surface area contributed by atoms with E-state index in [0.29, 0.717) is 11.3 Å². The van der Waals surface area contributed by atoms with Crippen LogP contribution in [0.5, 0.6) is 0 Å². The summed E-state index contributed by atoms with van der Waals surface area (Å²) in [7, 11) is -3.64. The molecule has 3 N–H and O–H groups in total. The van der Waals surface area contributed by atoms with Crippen molar-refractivity contribution in [3.63, 3.8) is 0 Å². The van der Waals surface area contributed by atoms with Gasteiger partial charge in [0.15, 0.2) is 0 Å². The quantitative estimate of drug-likeness (QED) is 0.708. The average molecular weight is 270 g/mol. The van der Waals surface area contributed by atoms with Crippen molar-refractivity contribution in [2.45, 2.75) is 24.3 Å². The maximum atomic E-state index is 11.9. The lowest BCUT2D eigenvalue weighted by Crippen LogP contribution is -2.30. The first-order chi connectivity index (χ1) is 8.38. The molecule has 18 heavy (non-hydrogen) atoms. The van der Waals surface area contributed by atoms with Gasteiger partial charge >= 0.3 is 0 Å². The van der Waals surface area contributed by atoms with Crippen LogP contribution in [0.25, 0.3) is 0 Å².